The van der Waals surface area contributed by atoms with Crippen LogP contribution in [0.1, 0.15) is 40.9 Å². The highest BCUT2D eigenvalue weighted by molar-refractivity contribution is 6.13. The molecule has 0 spiro atoms. The molecule has 0 radical (unpaired) electrons. The zero-order chi connectivity index (χ0) is 20.5. The third-order valence-corrected chi connectivity index (χ3v) is 4.53. The topological polar surface area (TPSA) is 76.7 Å². The molecule has 0 bridgehead atoms. The van der Waals surface area contributed by atoms with Gasteiger partial charge in [0.05, 0.1) is 11.8 Å². The maximum absolute atomic E-state index is 12.6. The number of hydrogen-bond donors (Lipinski definition) is 1. The number of carboxylic acid groups (broad SMARTS) is 1. The number of carboxylic acids is 1. The standard InChI is InChI=1S/C23H22O5/c1-14-12-16(13-15(2)20(14)28-23(3,4)22(25)26)8-9-19(24)18-7-5-6-17-10-11-27-21(17)18/h5-13H,1-4H3,(H,25,26)/b9-8+. The molecule has 0 atom stereocenters. The van der Waals surface area contributed by atoms with E-state index >= 15 is 0 Å². The summed E-state index contributed by atoms with van der Waals surface area (Å²) in [6.07, 6.45) is 4.80. The van der Waals surface area contributed by atoms with Crippen molar-refractivity contribution < 1.29 is 23.8 Å². The van der Waals surface area contributed by atoms with Gasteiger partial charge in [-0.3, -0.25) is 4.79 Å². The molecule has 1 heterocycles. The Balaban J connectivity index is 1.86. The number of carbonyl (C=O) groups excluding carboxylic acids is 1. The second-order valence-electron chi connectivity index (χ2n) is 7.24. The van der Waals surface area contributed by atoms with Crippen molar-refractivity contribution in [2.75, 3.05) is 0 Å². The average molecular weight is 378 g/mol. The number of carbonyl (C=O) groups is 2. The molecule has 28 heavy (non-hydrogen) atoms. The lowest BCUT2D eigenvalue weighted by Gasteiger charge is -2.24. The van der Waals surface area contributed by atoms with Crippen LogP contribution in [0, 0.1) is 13.8 Å². The third kappa shape index (κ3) is 3.83. The average Bonchev–Trinajstić information content (AvgIpc) is 3.11. The number of ether oxygens (including phenoxy) is 1. The summed E-state index contributed by atoms with van der Waals surface area (Å²) in [5.74, 6) is -0.646. The molecule has 3 rings (SSSR count). The van der Waals surface area contributed by atoms with Crippen LogP contribution >= 0.6 is 0 Å². The van der Waals surface area contributed by atoms with Crippen molar-refractivity contribution in [3.05, 3.63) is 71.0 Å². The molecule has 3 aromatic rings. The zero-order valence-corrected chi connectivity index (χ0v) is 16.3. The molecule has 144 valence electrons. The number of allylic oxidation sites excluding steroid dienone is 1. The zero-order valence-electron chi connectivity index (χ0n) is 16.3. The molecule has 0 aliphatic heterocycles. The fraction of sp³-hybridized carbons (Fsp3) is 0.217. The Bertz CT molecular complexity index is 1060. The van der Waals surface area contributed by atoms with Crippen molar-refractivity contribution in [3.63, 3.8) is 0 Å². The van der Waals surface area contributed by atoms with Gasteiger partial charge in [-0.05, 0) is 74.7 Å². The van der Waals surface area contributed by atoms with Crippen molar-refractivity contribution in [1.29, 1.82) is 0 Å². The molecule has 0 saturated carbocycles. The highest BCUT2D eigenvalue weighted by Crippen LogP contribution is 2.29. The SMILES string of the molecule is Cc1cc(/C=C/C(=O)c2cccc3ccoc23)cc(C)c1OC(C)(C)C(=O)O. The van der Waals surface area contributed by atoms with Gasteiger partial charge >= 0.3 is 5.97 Å². The van der Waals surface area contributed by atoms with E-state index in [1.165, 1.54) is 19.9 Å². The Morgan fingerprint density at radius 1 is 1.11 bits per heavy atom. The number of hydrogen-bond acceptors (Lipinski definition) is 4. The fourth-order valence-electron chi connectivity index (χ4n) is 2.99. The number of benzene rings is 2. The molecular weight excluding hydrogens is 356 g/mol. The van der Waals surface area contributed by atoms with E-state index in [1.54, 1.807) is 18.4 Å². The van der Waals surface area contributed by atoms with Crippen LogP contribution in [0.5, 0.6) is 5.75 Å². The van der Waals surface area contributed by atoms with Crippen LogP contribution in [-0.4, -0.2) is 22.5 Å². The van der Waals surface area contributed by atoms with Crippen molar-refractivity contribution in [1.82, 2.24) is 0 Å². The van der Waals surface area contributed by atoms with Gasteiger partial charge < -0.3 is 14.3 Å². The lowest BCUT2D eigenvalue weighted by Crippen LogP contribution is -2.38. The summed E-state index contributed by atoms with van der Waals surface area (Å²) in [5.41, 5.74) is 2.18. The molecule has 0 aliphatic rings. The minimum absolute atomic E-state index is 0.150. The van der Waals surface area contributed by atoms with Crippen LogP contribution in [0.25, 0.3) is 17.0 Å². The molecule has 1 aromatic heterocycles. The quantitative estimate of drug-likeness (QED) is 0.472. The lowest BCUT2D eigenvalue weighted by atomic mass is 10.0. The van der Waals surface area contributed by atoms with Gasteiger partial charge in [-0.2, -0.15) is 0 Å². The van der Waals surface area contributed by atoms with Crippen LogP contribution in [0.4, 0.5) is 0 Å². The van der Waals surface area contributed by atoms with E-state index in [2.05, 4.69) is 0 Å². The van der Waals surface area contributed by atoms with Crippen LogP contribution in [-0.2, 0) is 4.79 Å². The van der Waals surface area contributed by atoms with Gasteiger partial charge in [-0.1, -0.05) is 18.2 Å². The van der Waals surface area contributed by atoms with E-state index in [-0.39, 0.29) is 5.78 Å². The van der Waals surface area contributed by atoms with Gasteiger partial charge in [0.25, 0.3) is 0 Å². The van der Waals surface area contributed by atoms with E-state index in [0.29, 0.717) is 16.9 Å². The van der Waals surface area contributed by atoms with Crippen molar-refractivity contribution in [3.8, 4) is 5.75 Å². The van der Waals surface area contributed by atoms with Crippen molar-refractivity contribution in [2.45, 2.75) is 33.3 Å². The highest BCUT2D eigenvalue weighted by atomic mass is 16.5. The minimum atomic E-state index is -1.33. The number of para-hydroxylation sites is 1. The van der Waals surface area contributed by atoms with Gasteiger partial charge in [0.15, 0.2) is 11.4 Å². The molecule has 5 nitrogen and oxygen atoms in total. The fourth-order valence-corrected chi connectivity index (χ4v) is 2.99. The van der Waals surface area contributed by atoms with Crippen LogP contribution in [0.15, 0.2) is 53.2 Å². The Labute approximate surface area is 163 Å². The Morgan fingerprint density at radius 2 is 1.79 bits per heavy atom. The van der Waals surface area contributed by atoms with Gasteiger partial charge in [-0.25, -0.2) is 4.79 Å². The summed E-state index contributed by atoms with van der Waals surface area (Å²) in [5, 5.41) is 10.2. The number of rotatable bonds is 6. The molecule has 5 heteroatoms. The largest absolute Gasteiger partial charge is 0.478 e. The summed E-state index contributed by atoms with van der Waals surface area (Å²) >= 11 is 0. The number of furan rings is 1. The number of fused-ring (bicyclic) bond motifs is 1. The van der Waals surface area contributed by atoms with Gasteiger partial charge in [0.2, 0.25) is 0 Å². The van der Waals surface area contributed by atoms with E-state index < -0.39 is 11.6 Å². The van der Waals surface area contributed by atoms with E-state index in [0.717, 1.165) is 22.1 Å². The molecular formula is C23H22O5. The van der Waals surface area contributed by atoms with E-state index in [4.69, 9.17) is 9.15 Å². The number of ketones is 1. The third-order valence-electron chi connectivity index (χ3n) is 4.53. The highest BCUT2D eigenvalue weighted by Gasteiger charge is 2.30. The summed E-state index contributed by atoms with van der Waals surface area (Å²) in [6.45, 7) is 6.72. The first-order valence-electron chi connectivity index (χ1n) is 8.91. The summed E-state index contributed by atoms with van der Waals surface area (Å²) < 4.78 is 11.1. The summed E-state index contributed by atoms with van der Waals surface area (Å²) in [6, 6.07) is 11.0. The molecule has 0 fully saturated rings. The number of aliphatic carboxylic acids is 1. The predicted octanol–water partition coefficient (Wildman–Crippen LogP) is 5.19. The molecule has 0 amide bonds. The predicted molar refractivity (Wildman–Crippen MR) is 108 cm³/mol. The van der Waals surface area contributed by atoms with Gasteiger partial charge in [0, 0.05) is 5.39 Å². The first kappa shape index (κ1) is 19.4. The maximum atomic E-state index is 12.6. The lowest BCUT2D eigenvalue weighted by molar-refractivity contribution is -0.152. The second kappa shape index (κ2) is 7.35. The first-order chi connectivity index (χ1) is 13.2. The molecule has 1 N–H and O–H groups in total. The first-order valence-corrected chi connectivity index (χ1v) is 8.91. The Kier molecular flexibility index (Phi) is 5.10. The summed E-state index contributed by atoms with van der Waals surface area (Å²) in [4.78, 5) is 23.9. The van der Waals surface area contributed by atoms with E-state index in [1.807, 2.05) is 44.2 Å². The molecule has 0 unspecified atom stereocenters. The molecule has 0 aliphatic carbocycles. The minimum Gasteiger partial charge on any atom is -0.478 e. The van der Waals surface area contributed by atoms with Crippen molar-refractivity contribution >= 4 is 28.8 Å². The van der Waals surface area contributed by atoms with Gasteiger partial charge in [0.1, 0.15) is 11.3 Å². The van der Waals surface area contributed by atoms with Crippen LogP contribution in [0.3, 0.4) is 0 Å². The van der Waals surface area contributed by atoms with Crippen LogP contribution < -0.4 is 4.74 Å². The second-order valence-corrected chi connectivity index (χ2v) is 7.24. The molecule has 2 aromatic carbocycles. The normalized spacial score (nSPS) is 11.9. The molecule has 0 saturated heterocycles. The van der Waals surface area contributed by atoms with Gasteiger partial charge in [-0.15, -0.1) is 0 Å². The monoisotopic (exact) mass is 378 g/mol. The van der Waals surface area contributed by atoms with Crippen molar-refractivity contribution in [2.24, 2.45) is 0 Å². The number of aryl methyl sites for hydroxylation is 2. The van der Waals surface area contributed by atoms with Crippen LogP contribution in [0.2, 0.25) is 0 Å². The smallest absolute Gasteiger partial charge is 0.347 e. The Hall–Kier alpha value is -3.34. The summed E-state index contributed by atoms with van der Waals surface area (Å²) in [7, 11) is 0. The maximum Gasteiger partial charge on any atom is 0.347 e. The Morgan fingerprint density at radius 3 is 2.43 bits per heavy atom. The van der Waals surface area contributed by atoms with E-state index in [9.17, 15) is 14.7 Å².